The Hall–Kier alpha value is -2.74. The molecule has 26 heavy (non-hydrogen) atoms. The van der Waals surface area contributed by atoms with Crippen molar-refractivity contribution in [2.24, 2.45) is 0 Å². The number of thioether (sulfide) groups is 1. The van der Waals surface area contributed by atoms with Crippen LogP contribution < -0.4 is 20.3 Å². The highest BCUT2D eigenvalue weighted by Gasteiger charge is 2.33. The molecule has 0 fully saturated rings. The number of carbonyl (C=O) groups is 1. The van der Waals surface area contributed by atoms with Crippen LogP contribution in [0.25, 0.3) is 0 Å². The van der Waals surface area contributed by atoms with Gasteiger partial charge in [0.25, 0.3) is 5.56 Å². The number of aromatic amines is 1. The van der Waals surface area contributed by atoms with E-state index in [0.29, 0.717) is 33.5 Å². The average molecular weight is 373 g/mol. The van der Waals surface area contributed by atoms with Crippen LogP contribution in [0.1, 0.15) is 23.5 Å². The van der Waals surface area contributed by atoms with Gasteiger partial charge in [-0.1, -0.05) is 17.8 Å². The lowest BCUT2D eigenvalue weighted by atomic mass is 9.86. The van der Waals surface area contributed by atoms with E-state index in [4.69, 9.17) is 9.47 Å². The maximum atomic E-state index is 12.7. The Morgan fingerprint density at radius 1 is 1.35 bits per heavy atom. The predicted octanol–water partition coefficient (Wildman–Crippen LogP) is 2.54. The Kier molecular flexibility index (Phi) is 5.32. The third-order valence-electron chi connectivity index (χ3n) is 4.08. The van der Waals surface area contributed by atoms with Crippen LogP contribution in [0.3, 0.4) is 0 Å². The Balaban J connectivity index is 2.13. The van der Waals surface area contributed by atoms with E-state index in [2.05, 4.69) is 21.9 Å². The first kappa shape index (κ1) is 18.1. The number of aromatic nitrogens is 2. The second-order valence-electron chi connectivity index (χ2n) is 5.65. The van der Waals surface area contributed by atoms with Crippen molar-refractivity contribution in [1.82, 2.24) is 9.97 Å². The van der Waals surface area contributed by atoms with Gasteiger partial charge in [-0.05, 0) is 18.2 Å². The van der Waals surface area contributed by atoms with Crippen molar-refractivity contribution in [1.29, 1.82) is 0 Å². The highest BCUT2D eigenvalue weighted by atomic mass is 32.2. The van der Waals surface area contributed by atoms with E-state index in [0.717, 1.165) is 0 Å². The summed E-state index contributed by atoms with van der Waals surface area (Å²) in [5.41, 5.74) is 0.845. The van der Waals surface area contributed by atoms with Crippen molar-refractivity contribution in [3.05, 3.63) is 52.3 Å². The molecule has 0 saturated heterocycles. The van der Waals surface area contributed by atoms with Crippen molar-refractivity contribution < 1.29 is 14.3 Å². The fourth-order valence-corrected chi connectivity index (χ4v) is 3.53. The molecule has 1 aromatic heterocycles. The smallest absolute Gasteiger partial charge is 0.257 e. The Bertz CT molecular complexity index is 910. The second kappa shape index (κ2) is 7.65. The molecule has 0 aliphatic carbocycles. The SMILES string of the molecule is C=CCSc1nc2c(c(=O)[nH]1)C(c1cc(OC)ccc1OC)CC(=O)N2. The van der Waals surface area contributed by atoms with Gasteiger partial charge in [0.1, 0.15) is 17.3 Å². The summed E-state index contributed by atoms with van der Waals surface area (Å²) >= 11 is 1.34. The van der Waals surface area contributed by atoms with Gasteiger partial charge in [-0.15, -0.1) is 6.58 Å². The number of nitrogens with one attached hydrogen (secondary N) is 2. The van der Waals surface area contributed by atoms with Crippen molar-refractivity contribution in [3.63, 3.8) is 0 Å². The molecule has 1 unspecified atom stereocenters. The summed E-state index contributed by atoms with van der Waals surface area (Å²) in [5, 5.41) is 3.14. The summed E-state index contributed by atoms with van der Waals surface area (Å²) in [7, 11) is 3.11. The van der Waals surface area contributed by atoms with Crippen LogP contribution in [-0.4, -0.2) is 35.8 Å². The summed E-state index contributed by atoms with van der Waals surface area (Å²) in [5.74, 6) is 1.41. The molecule has 136 valence electrons. The molecule has 1 aromatic carbocycles. The number of rotatable bonds is 6. The minimum absolute atomic E-state index is 0.125. The predicted molar refractivity (Wildman–Crippen MR) is 100 cm³/mol. The number of H-pyrrole nitrogens is 1. The number of nitrogens with zero attached hydrogens (tertiary/aromatic N) is 1. The van der Waals surface area contributed by atoms with Gasteiger partial charge >= 0.3 is 0 Å². The molecule has 2 N–H and O–H groups in total. The lowest BCUT2D eigenvalue weighted by Gasteiger charge is -2.26. The average Bonchev–Trinajstić information content (AvgIpc) is 2.64. The fourth-order valence-electron chi connectivity index (χ4n) is 2.93. The highest BCUT2D eigenvalue weighted by molar-refractivity contribution is 7.99. The maximum Gasteiger partial charge on any atom is 0.257 e. The largest absolute Gasteiger partial charge is 0.497 e. The number of amides is 1. The summed E-state index contributed by atoms with van der Waals surface area (Å²) in [6.07, 6.45) is 1.84. The first-order valence-corrected chi connectivity index (χ1v) is 8.95. The van der Waals surface area contributed by atoms with E-state index >= 15 is 0 Å². The molecule has 0 radical (unpaired) electrons. The molecule has 7 nitrogen and oxygen atoms in total. The van der Waals surface area contributed by atoms with Crippen molar-refractivity contribution in [2.45, 2.75) is 17.5 Å². The molecule has 0 bridgehead atoms. The lowest BCUT2D eigenvalue weighted by Crippen LogP contribution is -2.31. The van der Waals surface area contributed by atoms with Gasteiger partial charge in [-0.3, -0.25) is 9.59 Å². The van der Waals surface area contributed by atoms with Crippen LogP contribution in [-0.2, 0) is 4.79 Å². The summed E-state index contributed by atoms with van der Waals surface area (Å²) in [6.45, 7) is 3.65. The molecule has 0 spiro atoms. The highest BCUT2D eigenvalue weighted by Crippen LogP contribution is 2.40. The molecule has 2 heterocycles. The second-order valence-corrected chi connectivity index (χ2v) is 6.65. The molecular formula is C18H19N3O4S. The van der Waals surface area contributed by atoms with Crippen LogP contribution in [0, 0.1) is 0 Å². The standard InChI is InChI=1S/C18H19N3O4S/c1-4-7-26-18-20-16-15(17(23)21-18)12(9-14(22)19-16)11-8-10(24-2)5-6-13(11)25-3/h4-6,8,12H,1,7,9H2,2-3H3,(H2,19,20,21,22,23). The topological polar surface area (TPSA) is 93.3 Å². The number of carbonyl (C=O) groups excluding carboxylic acids is 1. The van der Waals surface area contributed by atoms with E-state index in [1.54, 1.807) is 38.5 Å². The van der Waals surface area contributed by atoms with Crippen molar-refractivity contribution in [3.8, 4) is 11.5 Å². The van der Waals surface area contributed by atoms with E-state index in [9.17, 15) is 9.59 Å². The van der Waals surface area contributed by atoms with Crippen molar-refractivity contribution >= 4 is 23.5 Å². The minimum atomic E-state index is -0.474. The van der Waals surface area contributed by atoms with E-state index < -0.39 is 5.92 Å². The number of hydrogen-bond donors (Lipinski definition) is 2. The molecule has 0 saturated carbocycles. The van der Waals surface area contributed by atoms with Crippen molar-refractivity contribution in [2.75, 3.05) is 25.3 Å². The zero-order valence-electron chi connectivity index (χ0n) is 14.5. The number of benzene rings is 1. The molecule has 1 aliphatic heterocycles. The summed E-state index contributed by atoms with van der Waals surface area (Å²) in [6, 6.07) is 5.31. The number of anilines is 1. The Morgan fingerprint density at radius 3 is 2.85 bits per heavy atom. The Morgan fingerprint density at radius 2 is 2.15 bits per heavy atom. The molecule has 1 amide bonds. The van der Waals surface area contributed by atoms with Crippen LogP contribution >= 0.6 is 11.8 Å². The van der Waals surface area contributed by atoms with E-state index in [1.165, 1.54) is 11.8 Å². The quantitative estimate of drug-likeness (QED) is 0.459. The maximum absolute atomic E-state index is 12.7. The zero-order valence-corrected chi connectivity index (χ0v) is 15.3. The third-order valence-corrected chi connectivity index (χ3v) is 4.95. The fraction of sp³-hybridized carbons (Fsp3) is 0.278. The van der Waals surface area contributed by atoms with Gasteiger partial charge in [0.2, 0.25) is 5.91 Å². The molecule has 3 rings (SSSR count). The van der Waals surface area contributed by atoms with Crippen LogP contribution in [0.5, 0.6) is 11.5 Å². The minimum Gasteiger partial charge on any atom is -0.497 e. The van der Waals surface area contributed by atoms with Crippen LogP contribution in [0.2, 0.25) is 0 Å². The molecule has 8 heteroatoms. The van der Waals surface area contributed by atoms with Gasteiger partial charge in [-0.2, -0.15) is 0 Å². The number of hydrogen-bond acceptors (Lipinski definition) is 6. The first-order valence-electron chi connectivity index (χ1n) is 7.97. The molecule has 1 atom stereocenters. The molecule has 2 aromatic rings. The monoisotopic (exact) mass is 373 g/mol. The summed E-state index contributed by atoms with van der Waals surface area (Å²) < 4.78 is 10.7. The normalized spacial score (nSPS) is 15.8. The number of methoxy groups -OCH3 is 2. The van der Waals surface area contributed by atoms with Crippen LogP contribution in [0.4, 0.5) is 5.82 Å². The van der Waals surface area contributed by atoms with Gasteiger partial charge in [0.05, 0.1) is 19.8 Å². The van der Waals surface area contributed by atoms with Gasteiger partial charge in [-0.25, -0.2) is 4.98 Å². The molecule has 1 aliphatic rings. The van der Waals surface area contributed by atoms with Gasteiger partial charge < -0.3 is 19.8 Å². The lowest BCUT2D eigenvalue weighted by molar-refractivity contribution is -0.116. The number of fused-ring (bicyclic) bond motifs is 1. The van der Waals surface area contributed by atoms with Gasteiger partial charge in [0.15, 0.2) is 5.16 Å². The van der Waals surface area contributed by atoms with E-state index in [-0.39, 0.29) is 23.7 Å². The van der Waals surface area contributed by atoms with Crippen LogP contribution in [0.15, 0.2) is 40.8 Å². The van der Waals surface area contributed by atoms with E-state index in [1.807, 2.05) is 0 Å². The zero-order chi connectivity index (χ0) is 18.7. The summed E-state index contributed by atoms with van der Waals surface area (Å²) in [4.78, 5) is 32.1. The Labute approximate surface area is 154 Å². The number of ether oxygens (including phenoxy) is 2. The van der Waals surface area contributed by atoms with Gasteiger partial charge in [0, 0.05) is 23.7 Å². The first-order chi connectivity index (χ1) is 12.6. The molecular weight excluding hydrogens is 354 g/mol. The third kappa shape index (κ3) is 3.45.